The molecule has 1 unspecified atom stereocenters. The minimum absolute atomic E-state index is 0.220. The van der Waals surface area contributed by atoms with Crippen LogP contribution in [0.3, 0.4) is 0 Å². The molecule has 3 N–H and O–H groups in total. The maximum absolute atomic E-state index is 5.56. The van der Waals surface area contributed by atoms with Crippen LogP contribution in [0.2, 0.25) is 0 Å². The Hall–Kier alpha value is -1.22. The maximum atomic E-state index is 5.56. The number of hydrogen-bond donors (Lipinski definition) is 2. The van der Waals surface area contributed by atoms with Gasteiger partial charge in [-0.15, -0.1) is 0 Å². The van der Waals surface area contributed by atoms with Crippen LogP contribution in [0.4, 0.5) is 11.4 Å². The number of ether oxygens (including phenoxy) is 1. The first-order valence-electron chi connectivity index (χ1n) is 4.34. The second-order valence-electron chi connectivity index (χ2n) is 3.05. The molecule has 1 aromatic rings. The number of methoxy groups -OCH3 is 1. The zero-order valence-corrected chi connectivity index (χ0v) is 8.08. The molecule has 0 aliphatic carbocycles. The summed E-state index contributed by atoms with van der Waals surface area (Å²) in [6, 6.07) is 7.66. The summed E-state index contributed by atoms with van der Waals surface area (Å²) in [7, 11) is 1.70. The van der Waals surface area contributed by atoms with Gasteiger partial charge in [-0.3, -0.25) is 0 Å². The van der Waals surface area contributed by atoms with E-state index in [1.165, 1.54) is 0 Å². The van der Waals surface area contributed by atoms with E-state index >= 15 is 0 Å². The van der Waals surface area contributed by atoms with Crippen LogP contribution in [0.15, 0.2) is 24.3 Å². The first kappa shape index (κ1) is 9.86. The summed E-state index contributed by atoms with van der Waals surface area (Å²) in [6.45, 7) is 2.82. The SMILES string of the molecule is COC(C)CNc1ccc(N)cc1. The number of anilines is 2. The molecule has 72 valence electrons. The third-order valence-electron chi connectivity index (χ3n) is 1.91. The van der Waals surface area contributed by atoms with Crippen LogP contribution in [0, 0.1) is 0 Å². The van der Waals surface area contributed by atoms with Gasteiger partial charge >= 0.3 is 0 Å². The van der Waals surface area contributed by atoms with Gasteiger partial charge in [0.1, 0.15) is 0 Å². The molecule has 3 nitrogen and oxygen atoms in total. The van der Waals surface area contributed by atoms with Gasteiger partial charge in [-0.2, -0.15) is 0 Å². The molecule has 0 spiro atoms. The van der Waals surface area contributed by atoms with Gasteiger partial charge in [0.05, 0.1) is 6.10 Å². The summed E-state index contributed by atoms with van der Waals surface area (Å²) >= 11 is 0. The highest BCUT2D eigenvalue weighted by atomic mass is 16.5. The number of benzene rings is 1. The standard InChI is InChI=1S/C10H16N2O/c1-8(13-2)7-12-10-5-3-9(11)4-6-10/h3-6,8,12H,7,11H2,1-2H3. The van der Waals surface area contributed by atoms with E-state index in [2.05, 4.69) is 5.32 Å². The highest BCUT2D eigenvalue weighted by Gasteiger charge is 1.97. The van der Waals surface area contributed by atoms with Crippen LogP contribution >= 0.6 is 0 Å². The average molecular weight is 180 g/mol. The Morgan fingerprint density at radius 3 is 2.54 bits per heavy atom. The molecule has 0 aliphatic heterocycles. The van der Waals surface area contributed by atoms with Gasteiger partial charge in [-0.25, -0.2) is 0 Å². The topological polar surface area (TPSA) is 47.3 Å². The summed E-state index contributed by atoms with van der Waals surface area (Å²) in [6.07, 6.45) is 0.220. The van der Waals surface area contributed by atoms with Gasteiger partial charge < -0.3 is 15.8 Å². The number of nitrogens with two attached hydrogens (primary N) is 1. The lowest BCUT2D eigenvalue weighted by atomic mass is 10.3. The maximum Gasteiger partial charge on any atom is 0.0715 e. The van der Waals surface area contributed by atoms with Gasteiger partial charge in [0.15, 0.2) is 0 Å². The third kappa shape index (κ3) is 3.34. The van der Waals surface area contributed by atoms with Crippen molar-refractivity contribution in [1.82, 2.24) is 0 Å². The summed E-state index contributed by atoms with van der Waals surface area (Å²) in [5.74, 6) is 0. The van der Waals surface area contributed by atoms with E-state index in [1.54, 1.807) is 7.11 Å². The van der Waals surface area contributed by atoms with Crippen molar-refractivity contribution in [3.8, 4) is 0 Å². The monoisotopic (exact) mass is 180 g/mol. The second kappa shape index (κ2) is 4.72. The predicted molar refractivity (Wildman–Crippen MR) is 55.8 cm³/mol. The number of rotatable bonds is 4. The van der Waals surface area contributed by atoms with Crippen molar-refractivity contribution < 1.29 is 4.74 Å². The molecular formula is C10H16N2O. The number of nitrogens with one attached hydrogen (secondary N) is 1. The van der Waals surface area contributed by atoms with Gasteiger partial charge in [-0.05, 0) is 31.2 Å². The van der Waals surface area contributed by atoms with Gasteiger partial charge in [0.25, 0.3) is 0 Å². The third-order valence-corrected chi connectivity index (χ3v) is 1.91. The van der Waals surface area contributed by atoms with Crippen molar-refractivity contribution in [2.24, 2.45) is 0 Å². The lowest BCUT2D eigenvalue weighted by Gasteiger charge is -2.11. The van der Waals surface area contributed by atoms with Gasteiger partial charge in [0, 0.05) is 25.0 Å². The number of nitrogen functional groups attached to an aromatic ring is 1. The molecule has 0 heterocycles. The van der Waals surface area contributed by atoms with Crippen LogP contribution in [0.1, 0.15) is 6.92 Å². The van der Waals surface area contributed by atoms with Crippen molar-refractivity contribution in [1.29, 1.82) is 0 Å². The van der Waals surface area contributed by atoms with Crippen molar-refractivity contribution in [3.63, 3.8) is 0 Å². The van der Waals surface area contributed by atoms with Crippen molar-refractivity contribution in [2.45, 2.75) is 13.0 Å². The molecule has 0 aliphatic rings. The number of hydrogen-bond acceptors (Lipinski definition) is 3. The Bertz CT molecular complexity index is 246. The molecule has 0 amide bonds. The lowest BCUT2D eigenvalue weighted by molar-refractivity contribution is 0.129. The quantitative estimate of drug-likeness (QED) is 0.693. The fourth-order valence-electron chi connectivity index (χ4n) is 0.946. The van der Waals surface area contributed by atoms with Gasteiger partial charge in [-0.1, -0.05) is 0 Å². The Kier molecular flexibility index (Phi) is 3.58. The Morgan fingerprint density at radius 1 is 1.38 bits per heavy atom. The molecule has 0 saturated carbocycles. The highest BCUT2D eigenvalue weighted by molar-refractivity contribution is 5.51. The molecule has 0 aromatic heterocycles. The lowest BCUT2D eigenvalue weighted by Crippen LogP contribution is -2.17. The minimum Gasteiger partial charge on any atom is -0.399 e. The molecule has 0 fully saturated rings. The molecule has 0 radical (unpaired) electrons. The zero-order valence-electron chi connectivity index (χ0n) is 8.08. The molecule has 1 rings (SSSR count). The van der Waals surface area contributed by atoms with Gasteiger partial charge in [0.2, 0.25) is 0 Å². The Morgan fingerprint density at radius 2 is 2.00 bits per heavy atom. The van der Waals surface area contributed by atoms with E-state index < -0.39 is 0 Å². The van der Waals surface area contributed by atoms with Crippen LogP contribution in [0.5, 0.6) is 0 Å². The van der Waals surface area contributed by atoms with E-state index in [1.807, 2.05) is 31.2 Å². The molecule has 1 atom stereocenters. The van der Waals surface area contributed by atoms with Crippen LogP contribution < -0.4 is 11.1 Å². The van der Waals surface area contributed by atoms with E-state index in [4.69, 9.17) is 10.5 Å². The summed E-state index contributed by atoms with van der Waals surface area (Å²) in [5, 5.41) is 3.24. The first-order valence-corrected chi connectivity index (χ1v) is 4.34. The first-order chi connectivity index (χ1) is 6.22. The van der Waals surface area contributed by atoms with Crippen LogP contribution in [0.25, 0.3) is 0 Å². The van der Waals surface area contributed by atoms with E-state index in [9.17, 15) is 0 Å². The summed E-state index contributed by atoms with van der Waals surface area (Å²) < 4.78 is 5.11. The van der Waals surface area contributed by atoms with E-state index in [0.29, 0.717) is 0 Å². The fourth-order valence-corrected chi connectivity index (χ4v) is 0.946. The van der Waals surface area contributed by atoms with Crippen molar-refractivity contribution >= 4 is 11.4 Å². The summed E-state index contributed by atoms with van der Waals surface area (Å²) in [4.78, 5) is 0. The normalized spacial score (nSPS) is 12.5. The molecule has 1 aromatic carbocycles. The largest absolute Gasteiger partial charge is 0.399 e. The predicted octanol–water partition coefficient (Wildman–Crippen LogP) is 1.72. The molecule has 13 heavy (non-hydrogen) atoms. The molecule has 0 bridgehead atoms. The fraction of sp³-hybridized carbons (Fsp3) is 0.400. The Labute approximate surface area is 78.9 Å². The van der Waals surface area contributed by atoms with Crippen LogP contribution in [-0.4, -0.2) is 19.8 Å². The van der Waals surface area contributed by atoms with E-state index in [-0.39, 0.29) is 6.10 Å². The molecule has 3 heteroatoms. The minimum atomic E-state index is 0.220. The smallest absolute Gasteiger partial charge is 0.0715 e. The molecule has 0 saturated heterocycles. The Balaban J connectivity index is 2.41. The molecular weight excluding hydrogens is 164 g/mol. The zero-order chi connectivity index (χ0) is 9.68. The van der Waals surface area contributed by atoms with E-state index in [0.717, 1.165) is 17.9 Å². The second-order valence-corrected chi connectivity index (χ2v) is 3.05. The van der Waals surface area contributed by atoms with Crippen molar-refractivity contribution in [2.75, 3.05) is 24.7 Å². The summed E-state index contributed by atoms with van der Waals surface area (Å²) in [5.41, 5.74) is 7.41. The average Bonchev–Trinajstić information content (AvgIpc) is 2.16. The highest BCUT2D eigenvalue weighted by Crippen LogP contribution is 2.10. The van der Waals surface area contributed by atoms with Crippen molar-refractivity contribution in [3.05, 3.63) is 24.3 Å². The van der Waals surface area contributed by atoms with Crippen LogP contribution in [-0.2, 0) is 4.74 Å².